The number of likely N-dealkylation sites (N-methyl/N-ethyl adjacent to an activating group) is 1. The van der Waals surface area contributed by atoms with Crippen LogP contribution in [0, 0.1) is 0 Å². The maximum atomic E-state index is 13.6. The summed E-state index contributed by atoms with van der Waals surface area (Å²) in [6.07, 6.45) is -0.288. The molecule has 12 heteroatoms. The molecule has 1 aromatic rings. The minimum absolute atomic E-state index is 0.000599. The maximum Gasteiger partial charge on any atom is 0.326 e. The molecule has 1 aromatic carbocycles. The smallest absolute Gasteiger partial charge is 0.326 e. The largest absolute Gasteiger partial charge is 0.508 e. The molecule has 2 rings (SSSR count). The van der Waals surface area contributed by atoms with Gasteiger partial charge in [-0.1, -0.05) is 12.1 Å². The van der Waals surface area contributed by atoms with Gasteiger partial charge in [0.05, 0.1) is 18.9 Å². The molecule has 0 heterocycles. The lowest BCUT2D eigenvalue weighted by Gasteiger charge is -2.40. The number of hydrogen-bond acceptors (Lipinski definition) is 8. The van der Waals surface area contributed by atoms with Gasteiger partial charge in [-0.3, -0.25) is 24.0 Å². The van der Waals surface area contributed by atoms with Crippen molar-refractivity contribution < 1.29 is 39.0 Å². The Kier molecular flexibility index (Phi) is 8.84. The standard InChI is InChI=1S/C22H28N4O8/c1-24-11-18(31)26-22(21(34)25-14(20(32)33)10-17(23)30)16(29)5-3-2-4-15(28)19(22)12-6-8-13(27)9-7-12/h6-9,14,19,24,27H,2-5,10-11H2,1H3,(H2,23,30)(H,25,34)(H,26,31)(H,32,33)/t14-,19?,22-/m0/s1. The molecule has 0 saturated heterocycles. The number of ketones is 2. The molecule has 0 aliphatic heterocycles. The summed E-state index contributed by atoms with van der Waals surface area (Å²) in [6.45, 7) is -0.303. The fourth-order valence-electron chi connectivity index (χ4n) is 3.99. The predicted molar refractivity (Wildman–Crippen MR) is 118 cm³/mol. The van der Waals surface area contributed by atoms with Gasteiger partial charge in [0, 0.05) is 12.8 Å². The van der Waals surface area contributed by atoms with Crippen LogP contribution in [0.1, 0.15) is 43.6 Å². The molecule has 1 aliphatic carbocycles. The van der Waals surface area contributed by atoms with E-state index in [0.29, 0.717) is 6.42 Å². The lowest BCUT2D eigenvalue weighted by atomic mass is 9.69. The van der Waals surface area contributed by atoms with E-state index in [9.17, 15) is 39.0 Å². The first-order valence-electron chi connectivity index (χ1n) is 10.7. The summed E-state index contributed by atoms with van der Waals surface area (Å²) in [6, 6.07) is 3.42. The molecule has 0 bridgehead atoms. The van der Waals surface area contributed by atoms with Crippen LogP contribution < -0.4 is 21.7 Å². The second-order valence-corrected chi connectivity index (χ2v) is 8.04. The van der Waals surface area contributed by atoms with E-state index in [1.54, 1.807) is 0 Å². The summed E-state index contributed by atoms with van der Waals surface area (Å²) >= 11 is 0. The quantitative estimate of drug-likeness (QED) is 0.234. The number of nitrogens with two attached hydrogens (primary N) is 1. The van der Waals surface area contributed by atoms with Crippen LogP contribution in [0.3, 0.4) is 0 Å². The molecule has 0 spiro atoms. The van der Waals surface area contributed by atoms with Crippen LogP contribution in [0.2, 0.25) is 0 Å². The Morgan fingerprint density at radius 1 is 1.12 bits per heavy atom. The van der Waals surface area contributed by atoms with Crippen LogP contribution in [0.25, 0.3) is 0 Å². The lowest BCUT2D eigenvalue weighted by Crippen LogP contribution is -2.70. The van der Waals surface area contributed by atoms with Gasteiger partial charge in [0.1, 0.15) is 17.6 Å². The van der Waals surface area contributed by atoms with Gasteiger partial charge in [-0.05, 0) is 37.6 Å². The van der Waals surface area contributed by atoms with Crippen molar-refractivity contribution >= 4 is 35.3 Å². The highest BCUT2D eigenvalue weighted by atomic mass is 16.4. The number of amides is 3. The highest BCUT2D eigenvalue weighted by Crippen LogP contribution is 2.36. The van der Waals surface area contributed by atoms with Crippen LogP contribution in [0.5, 0.6) is 5.75 Å². The first-order chi connectivity index (χ1) is 16.0. The summed E-state index contributed by atoms with van der Waals surface area (Å²) in [5.41, 5.74) is 2.76. The molecular weight excluding hydrogens is 448 g/mol. The van der Waals surface area contributed by atoms with E-state index in [4.69, 9.17) is 5.73 Å². The summed E-state index contributed by atoms with van der Waals surface area (Å²) in [5.74, 6) is -7.59. The molecule has 0 radical (unpaired) electrons. The molecule has 12 nitrogen and oxygen atoms in total. The number of carboxylic acids is 1. The fourth-order valence-corrected chi connectivity index (χ4v) is 3.99. The van der Waals surface area contributed by atoms with Crippen molar-refractivity contribution in [3.8, 4) is 5.75 Å². The number of Topliss-reactive ketones (excluding diaryl/α,β-unsaturated/α-hetero) is 2. The third kappa shape index (κ3) is 5.95. The number of primary amides is 1. The first-order valence-corrected chi connectivity index (χ1v) is 10.7. The van der Waals surface area contributed by atoms with E-state index in [2.05, 4.69) is 16.0 Å². The second kappa shape index (κ2) is 11.4. The van der Waals surface area contributed by atoms with Crippen molar-refractivity contribution in [3.05, 3.63) is 29.8 Å². The fraction of sp³-hybridized carbons (Fsp3) is 0.455. The van der Waals surface area contributed by atoms with Gasteiger partial charge in [-0.15, -0.1) is 0 Å². The summed E-state index contributed by atoms with van der Waals surface area (Å²) < 4.78 is 0. The average molecular weight is 476 g/mol. The van der Waals surface area contributed by atoms with E-state index in [1.165, 1.54) is 31.3 Å². The van der Waals surface area contributed by atoms with E-state index in [-0.39, 0.29) is 37.1 Å². The van der Waals surface area contributed by atoms with Crippen LogP contribution in [0.15, 0.2) is 24.3 Å². The Labute approximate surface area is 195 Å². The minimum Gasteiger partial charge on any atom is -0.508 e. The molecule has 1 saturated carbocycles. The van der Waals surface area contributed by atoms with Gasteiger partial charge < -0.3 is 31.9 Å². The molecular formula is C22H28N4O8. The SMILES string of the molecule is CNCC(=O)N[C@@]1(C(=O)N[C@@H](CC(N)=O)C(=O)O)C(=O)CCCCC(=O)C1c1ccc(O)cc1. The predicted octanol–water partition coefficient (Wildman–Crippen LogP) is -1.29. The first kappa shape index (κ1) is 26.5. The second-order valence-electron chi connectivity index (χ2n) is 8.04. The average Bonchev–Trinajstić information content (AvgIpc) is 2.75. The third-order valence-corrected chi connectivity index (χ3v) is 5.54. The highest BCUT2D eigenvalue weighted by molar-refractivity contribution is 6.18. The molecule has 34 heavy (non-hydrogen) atoms. The summed E-state index contributed by atoms with van der Waals surface area (Å²) in [7, 11) is 1.46. The van der Waals surface area contributed by atoms with Crippen molar-refractivity contribution in [3.63, 3.8) is 0 Å². The van der Waals surface area contributed by atoms with E-state index in [1.807, 2.05) is 0 Å². The van der Waals surface area contributed by atoms with E-state index in [0.717, 1.165) is 0 Å². The number of aliphatic carboxylic acids is 1. The zero-order chi connectivity index (χ0) is 25.5. The number of aromatic hydroxyl groups is 1. The van der Waals surface area contributed by atoms with Crippen LogP contribution in [-0.2, 0) is 28.8 Å². The van der Waals surface area contributed by atoms with Crippen LogP contribution in [0.4, 0.5) is 0 Å². The summed E-state index contributed by atoms with van der Waals surface area (Å²) in [4.78, 5) is 76.1. The number of nitrogens with one attached hydrogen (secondary N) is 3. The monoisotopic (exact) mass is 476 g/mol. The number of hydrogen-bond donors (Lipinski definition) is 6. The molecule has 3 atom stereocenters. The van der Waals surface area contributed by atoms with Crippen molar-refractivity contribution in [2.24, 2.45) is 5.73 Å². The normalized spacial score (nSPS) is 21.6. The number of benzene rings is 1. The lowest BCUT2D eigenvalue weighted by molar-refractivity contribution is -0.150. The third-order valence-electron chi connectivity index (χ3n) is 5.54. The summed E-state index contributed by atoms with van der Waals surface area (Å²) in [5, 5.41) is 26.2. The molecule has 0 aromatic heterocycles. The van der Waals surface area contributed by atoms with Crippen molar-refractivity contribution in [1.29, 1.82) is 0 Å². The van der Waals surface area contributed by atoms with E-state index < -0.39 is 59.2 Å². The minimum atomic E-state index is -2.49. The molecule has 1 unspecified atom stereocenters. The van der Waals surface area contributed by atoms with Gasteiger partial charge >= 0.3 is 5.97 Å². The van der Waals surface area contributed by atoms with Crippen molar-refractivity contribution in [1.82, 2.24) is 16.0 Å². The molecule has 1 aliphatic rings. The molecule has 184 valence electrons. The van der Waals surface area contributed by atoms with Gasteiger partial charge in [-0.25, -0.2) is 4.79 Å². The maximum absolute atomic E-state index is 13.6. The zero-order valence-corrected chi connectivity index (χ0v) is 18.6. The van der Waals surface area contributed by atoms with Gasteiger partial charge in [-0.2, -0.15) is 0 Å². The number of phenols is 1. The number of carbonyl (C=O) groups is 6. The number of carbonyl (C=O) groups excluding carboxylic acids is 5. The van der Waals surface area contributed by atoms with Crippen molar-refractivity contribution in [2.75, 3.05) is 13.6 Å². The molecule has 7 N–H and O–H groups in total. The van der Waals surface area contributed by atoms with Gasteiger partial charge in [0.15, 0.2) is 11.3 Å². The Morgan fingerprint density at radius 2 is 1.74 bits per heavy atom. The van der Waals surface area contributed by atoms with Crippen LogP contribution >= 0.6 is 0 Å². The zero-order valence-electron chi connectivity index (χ0n) is 18.6. The van der Waals surface area contributed by atoms with Crippen LogP contribution in [-0.4, -0.2) is 70.6 Å². The topological polar surface area (TPSA) is 205 Å². The van der Waals surface area contributed by atoms with Gasteiger partial charge in [0.2, 0.25) is 11.8 Å². The number of rotatable bonds is 9. The molecule has 3 amide bonds. The Balaban J connectivity index is 2.72. The van der Waals surface area contributed by atoms with Crippen molar-refractivity contribution in [2.45, 2.75) is 49.6 Å². The molecule has 1 fully saturated rings. The Hall–Kier alpha value is -3.80. The Morgan fingerprint density at radius 3 is 2.29 bits per heavy atom. The Bertz CT molecular complexity index is 978. The highest BCUT2D eigenvalue weighted by Gasteiger charge is 2.56. The van der Waals surface area contributed by atoms with E-state index >= 15 is 0 Å². The number of carboxylic acid groups (broad SMARTS) is 1. The number of phenolic OH excluding ortho intramolecular Hbond substituents is 1. The van der Waals surface area contributed by atoms with Gasteiger partial charge in [0.25, 0.3) is 5.91 Å².